The van der Waals surface area contributed by atoms with Crippen molar-refractivity contribution in [1.29, 1.82) is 0 Å². The number of phenols is 1. The minimum Gasteiger partial charge on any atom is -0.508 e. The average molecular weight is 973 g/mol. The molecule has 65 heavy (non-hydrogen) atoms. The Labute approximate surface area is 410 Å². The van der Waals surface area contributed by atoms with E-state index in [4.69, 9.17) is 19.2 Å². The SMILES string of the molecule is CCn1c(-c2cccnc2[C@H](C)OC)c2c3cc(ccc31)-c1cc(O)cc(c1)C[C@H](NC(=O)[C@H](C(C)C)N(C)C(=O)C1COC1)C(=O)N1CCC[C@H](N1)C(=O)OCC(C)(C)C2.S.S.S.S. The molecular weight excluding hydrogens is 905 g/mol. The van der Waals surface area contributed by atoms with Crippen molar-refractivity contribution in [2.75, 3.05) is 40.5 Å². The van der Waals surface area contributed by atoms with Gasteiger partial charge in [-0.15, -0.1) is 0 Å². The maximum absolute atomic E-state index is 14.6. The number of fused-ring (bicyclic) bond motifs is 6. The lowest BCUT2D eigenvalue weighted by Gasteiger charge is -2.37. The molecule has 3 aliphatic heterocycles. The van der Waals surface area contributed by atoms with Crippen molar-refractivity contribution in [3.63, 3.8) is 0 Å². The Bertz CT molecular complexity index is 2320. The van der Waals surface area contributed by atoms with Crippen LogP contribution < -0.4 is 10.7 Å². The van der Waals surface area contributed by atoms with E-state index in [1.165, 1.54) is 9.91 Å². The Morgan fingerprint density at radius 1 is 1.05 bits per heavy atom. The third kappa shape index (κ3) is 11.8. The zero-order valence-electron chi connectivity index (χ0n) is 38.6. The molecule has 2 aromatic heterocycles. The number of pyridine rings is 1. The van der Waals surface area contributed by atoms with Gasteiger partial charge >= 0.3 is 5.97 Å². The maximum Gasteiger partial charge on any atom is 0.324 e. The summed E-state index contributed by atoms with van der Waals surface area (Å²) in [5, 5.41) is 16.7. The maximum atomic E-state index is 14.6. The molecule has 3 N–H and O–H groups in total. The Kier molecular flexibility index (Phi) is 19.8. The Hall–Kier alpha value is -3.91. The summed E-state index contributed by atoms with van der Waals surface area (Å²) < 4.78 is 19.4. The molecule has 4 atom stereocenters. The number of aromatic hydroxyl groups is 1. The van der Waals surface area contributed by atoms with E-state index in [9.17, 15) is 24.3 Å². The zero-order chi connectivity index (χ0) is 43.7. The fourth-order valence-electron chi connectivity index (χ4n) is 9.05. The van der Waals surface area contributed by atoms with Crippen LogP contribution in [0, 0.1) is 17.3 Å². The summed E-state index contributed by atoms with van der Waals surface area (Å²) in [5.74, 6) is -2.17. The highest BCUT2D eigenvalue weighted by Crippen LogP contribution is 2.42. The van der Waals surface area contributed by atoms with Crippen molar-refractivity contribution in [3.05, 3.63) is 71.5 Å². The molecular formula is C47H68N6O8S4. The van der Waals surface area contributed by atoms with Gasteiger partial charge in [0.05, 0.1) is 43.2 Å². The van der Waals surface area contributed by atoms with E-state index in [2.05, 4.69) is 54.3 Å². The number of aromatic nitrogens is 2. The van der Waals surface area contributed by atoms with E-state index in [1.807, 2.05) is 39.0 Å². The highest BCUT2D eigenvalue weighted by molar-refractivity contribution is 7.59. The molecule has 7 rings (SSSR count). The second-order valence-corrected chi connectivity index (χ2v) is 17.9. The minimum atomic E-state index is -1.11. The largest absolute Gasteiger partial charge is 0.508 e. The minimum absolute atomic E-state index is 0. The highest BCUT2D eigenvalue weighted by Gasteiger charge is 2.40. The van der Waals surface area contributed by atoms with Gasteiger partial charge in [0.25, 0.3) is 5.91 Å². The van der Waals surface area contributed by atoms with Crippen molar-refractivity contribution >= 4 is 88.6 Å². The summed E-state index contributed by atoms with van der Waals surface area (Å²) in [6.45, 7) is 13.7. The molecule has 2 saturated heterocycles. The van der Waals surface area contributed by atoms with E-state index in [0.29, 0.717) is 51.1 Å². The van der Waals surface area contributed by atoms with Gasteiger partial charge in [-0.05, 0) is 97.7 Å². The number of phenolic OH excluding ortho intramolecular Hbond substituents is 1. The lowest BCUT2D eigenvalue weighted by molar-refractivity contribution is -0.156. The van der Waals surface area contributed by atoms with E-state index in [-0.39, 0.29) is 96.6 Å². The molecule has 2 fully saturated rings. The van der Waals surface area contributed by atoms with Crippen LogP contribution in [0.4, 0.5) is 0 Å². The van der Waals surface area contributed by atoms with E-state index >= 15 is 0 Å². The first-order valence-corrected chi connectivity index (χ1v) is 21.5. The summed E-state index contributed by atoms with van der Waals surface area (Å²) in [4.78, 5) is 62.2. The number of esters is 1. The fraction of sp³-hybridized carbons (Fsp3) is 0.511. The molecule has 0 aliphatic carbocycles. The summed E-state index contributed by atoms with van der Waals surface area (Å²) >= 11 is 0. The number of cyclic esters (lactones) is 1. The monoisotopic (exact) mass is 972 g/mol. The van der Waals surface area contributed by atoms with Gasteiger partial charge in [0.15, 0.2) is 0 Å². The van der Waals surface area contributed by atoms with Gasteiger partial charge in [-0.3, -0.25) is 29.2 Å². The Balaban J connectivity index is 0.00000281. The molecule has 0 unspecified atom stereocenters. The number of amides is 3. The van der Waals surface area contributed by atoms with Crippen molar-refractivity contribution in [2.45, 2.75) is 98.0 Å². The Morgan fingerprint density at radius 3 is 2.42 bits per heavy atom. The van der Waals surface area contributed by atoms with Crippen LogP contribution in [0.5, 0.6) is 5.75 Å². The molecule has 3 aliphatic rings. The number of hydrogen-bond donors (Lipinski definition) is 3. The molecule has 14 nitrogen and oxygen atoms in total. The summed E-state index contributed by atoms with van der Waals surface area (Å²) in [5.41, 5.74) is 9.67. The van der Waals surface area contributed by atoms with Crippen LogP contribution in [0.25, 0.3) is 33.3 Å². The van der Waals surface area contributed by atoms with Crippen molar-refractivity contribution in [1.82, 2.24) is 30.2 Å². The number of likely N-dealkylation sites (N-methyl/N-ethyl adjacent to an activating group) is 1. The zero-order valence-corrected chi connectivity index (χ0v) is 42.6. The second-order valence-electron chi connectivity index (χ2n) is 17.9. The van der Waals surface area contributed by atoms with E-state index in [0.717, 1.165) is 44.5 Å². The predicted octanol–water partition coefficient (Wildman–Crippen LogP) is 6.03. The molecule has 0 saturated carbocycles. The number of aryl methyl sites for hydroxylation is 1. The number of benzene rings is 2. The molecule has 18 heteroatoms. The standard InChI is InChI=1S/C47H60N6O8.4H2S/c1-9-52-39-15-14-30-22-35(39)36(42(52)34-12-10-16-48-40(34)28(4)59-8)23-47(5,6)26-61-46(58)37-13-11-17-53(50-37)45(57)38(20-29-18-31(30)21-33(54)19-29)49-43(55)41(27(2)3)51(7)44(56)32-24-60-25-32;;;;/h10,12,14-16,18-19,21-22,27-28,32,37-38,41,50,54H,9,11,13,17,20,23-26H2,1-8H3,(H,49,55);4*1H2/t28-,37-,38-,41-;;;;/m0..../s1. The number of nitrogens with one attached hydrogen (secondary N) is 2. The molecule has 3 amide bonds. The van der Waals surface area contributed by atoms with Crippen LogP contribution in [-0.4, -0.2) is 107 Å². The summed E-state index contributed by atoms with van der Waals surface area (Å²) in [7, 11) is 3.28. The molecule has 0 spiro atoms. The average Bonchev–Trinajstić information content (AvgIpc) is 3.52. The van der Waals surface area contributed by atoms with Gasteiger partial charge in [-0.1, -0.05) is 39.8 Å². The van der Waals surface area contributed by atoms with Gasteiger partial charge in [-0.2, -0.15) is 54.0 Å². The number of ether oxygens (including phenoxy) is 3. The topological polar surface area (TPSA) is 165 Å². The normalized spacial score (nSPS) is 19.4. The van der Waals surface area contributed by atoms with Gasteiger partial charge in [0, 0.05) is 61.7 Å². The quantitative estimate of drug-likeness (QED) is 0.169. The second kappa shape index (κ2) is 23.2. The number of nitrogens with zero attached hydrogens (tertiary/aromatic N) is 4. The third-order valence-electron chi connectivity index (χ3n) is 12.3. The number of hydrogen-bond acceptors (Lipinski definition) is 10. The number of rotatable bonds is 9. The van der Waals surface area contributed by atoms with E-state index in [1.54, 1.807) is 32.5 Å². The van der Waals surface area contributed by atoms with Crippen molar-refractivity contribution in [3.8, 4) is 28.1 Å². The first-order valence-electron chi connectivity index (χ1n) is 21.5. The van der Waals surface area contributed by atoms with Gasteiger partial charge < -0.3 is 34.1 Å². The van der Waals surface area contributed by atoms with Gasteiger partial charge in [0.1, 0.15) is 23.9 Å². The smallest absolute Gasteiger partial charge is 0.324 e. The molecule has 4 aromatic rings. The number of carbonyl (C=O) groups is 4. The van der Waals surface area contributed by atoms with E-state index < -0.39 is 41.3 Å². The van der Waals surface area contributed by atoms with Gasteiger partial charge in [-0.25, -0.2) is 5.43 Å². The van der Waals surface area contributed by atoms with Crippen LogP contribution in [0.2, 0.25) is 0 Å². The number of methoxy groups -OCH3 is 1. The third-order valence-corrected chi connectivity index (χ3v) is 12.3. The predicted molar refractivity (Wildman–Crippen MR) is 273 cm³/mol. The van der Waals surface area contributed by atoms with Crippen LogP contribution >= 0.6 is 54.0 Å². The first kappa shape index (κ1) is 55.4. The van der Waals surface area contributed by atoms with Crippen LogP contribution in [0.3, 0.4) is 0 Å². The lowest BCUT2D eigenvalue weighted by Crippen LogP contribution is -2.62. The van der Waals surface area contributed by atoms with Crippen LogP contribution in [0.1, 0.15) is 77.3 Å². The summed E-state index contributed by atoms with van der Waals surface area (Å²) in [6.07, 6.45) is 3.08. The molecule has 0 radical (unpaired) electrons. The molecule has 2 aromatic carbocycles. The van der Waals surface area contributed by atoms with Crippen LogP contribution in [0.15, 0.2) is 54.7 Å². The summed E-state index contributed by atoms with van der Waals surface area (Å²) in [6, 6.07) is 12.8. The van der Waals surface area contributed by atoms with Gasteiger partial charge in [0.2, 0.25) is 11.8 Å². The fourth-order valence-corrected chi connectivity index (χ4v) is 9.05. The molecule has 358 valence electrons. The number of hydrazine groups is 1. The Morgan fingerprint density at radius 2 is 1.77 bits per heavy atom. The first-order chi connectivity index (χ1) is 29.1. The lowest BCUT2D eigenvalue weighted by atomic mass is 9.84. The van der Waals surface area contributed by atoms with Crippen molar-refractivity contribution in [2.24, 2.45) is 17.3 Å². The highest BCUT2D eigenvalue weighted by atomic mass is 32.1. The number of carbonyl (C=O) groups excluding carboxylic acids is 4. The van der Waals surface area contributed by atoms with Crippen LogP contribution in [-0.2, 0) is 52.8 Å². The molecule has 6 bridgehead atoms. The molecule has 5 heterocycles. The van der Waals surface area contributed by atoms with Crippen molar-refractivity contribution < 1.29 is 38.5 Å².